The average molecular weight is 322 g/mol. The molecule has 0 unspecified atom stereocenters. The van der Waals surface area contributed by atoms with E-state index >= 15 is 0 Å². The third kappa shape index (κ3) is 3.53. The quantitative estimate of drug-likeness (QED) is 0.926. The van der Waals surface area contributed by atoms with E-state index in [2.05, 4.69) is 37.1 Å². The van der Waals surface area contributed by atoms with Crippen LogP contribution >= 0.6 is 11.3 Å². The molecule has 1 fully saturated rings. The van der Waals surface area contributed by atoms with Crippen LogP contribution < -0.4 is 5.32 Å². The first-order valence-electron chi connectivity index (χ1n) is 8.32. The first-order valence-corrected chi connectivity index (χ1v) is 9.14. The van der Waals surface area contributed by atoms with E-state index in [0.717, 1.165) is 30.8 Å². The molecule has 1 amide bonds. The van der Waals surface area contributed by atoms with Gasteiger partial charge in [-0.2, -0.15) is 0 Å². The van der Waals surface area contributed by atoms with Gasteiger partial charge in [-0.25, -0.2) is 0 Å². The Bertz CT molecular complexity index is 511. The van der Waals surface area contributed by atoms with Gasteiger partial charge in [0, 0.05) is 30.6 Å². The van der Waals surface area contributed by atoms with Gasteiger partial charge in [-0.3, -0.25) is 9.69 Å². The zero-order chi connectivity index (χ0) is 15.7. The van der Waals surface area contributed by atoms with Crippen LogP contribution in [0.25, 0.3) is 0 Å². The van der Waals surface area contributed by atoms with E-state index < -0.39 is 0 Å². The molecule has 4 nitrogen and oxygen atoms in total. The molecule has 0 aromatic carbocycles. The van der Waals surface area contributed by atoms with Gasteiger partial charge in [0.15, 0.2) is 0 Å². The van der Waals surface area contributed by atoms with Gasteiger partial charge >= 0.3 is 0 Å². The summed E-state index contributed by atoms with van der Waals surface area (Å²) in [6.45, 7) is 8.98. The molecule has 1 N–H and O–H groups in total. The third-order valence-electron chi connectivity index (χ3n) is 4.60. The smallest absolute Gasteiger partial charge is 0.261 e. The standard InChI is InChI=1S/C17H26N2O2S/c1-11(19-9-12(2)21-13(3)10-19)8-18-17(20)16-7-14-5-4-6-15(14)22-16/h7,11-13H,4-6,8-10H2,1-3H3,(H,18,20)/t11-,12-,13-/m1/s1. The number of hydrogen-bond acceptors (Lipinski definition) is 4. The van der Waals surface area contributed by atoms with Gasteiger partial charge < -0.3 is 10.1 Å². The number of carbonyl (C=O) groups is 1. The molecule has 0 saturated carbocycles. The summed E-state index contributed by atoms with van der Waals surface area (Å²) in [6.07, 6.45) is 4.06. The van der Waals surface area contributed by atoms with Gasteiger partial charge in [-0.15, -0.1) is 11.3 Å². The summed E-state index contributed by atoms with van der Waals surface area (Å²) in [7, 11) is 0. The molecule has 22 heavy (non-hydrogen) atoms. The van der Waals surface area contributed by atoms with Crippen molar-refractivity contribution in [2.24, 2.45) is 0 Å². The fourth-order valence-corrected chi connectivity index (χ4v) is 4.65. The van der Waals surface area contributed by atoms with Crippen LogP contribution in [-0.2, 0) is 17.6 Å². The van der Waals surface area contributed by atoms with E-state index in [1.807, 2.05) is 0 Å². The molecule has 122 valence electrons. The largest absolute Gasteiger partial charge is 0.373 e. The fraction of sp³-hybridized carbons (Fsp3) is 0.706. The minimum Gasteiger partial charge on any atom is -0.373 e. The van der Waals surface area contributed by atoms with Gasteiger partial charge in [0.2, 0.25) is 0 Å². The number of fused-ring (bicyclic) bond motifs is 1. The molecule has 2 aliphatic rings. The van der Waals surface area contributed by atoms with Crippen LogP contribution in [0, 0.1) is 0 Å². The Morgan fingerprint density at radius 2 is 2.14 bits per heavy atom. The summed E-state index contributed by atoms with van der Waals surface area (Å²) in [6, 6.07) is 2.43. The van der Waals surface area contributed by atoms with E-state index in [1.165, 1.54) is 16.9 Å². The number of morpholine rings is 1. The maximum absolute atomic E-state index is 12.3. The number of thiophene rings is 1. The second-order valence-electron chi connectivity index (χ2n) is 6.68. The second-order valence-corrected chi connectivity index (χ2v) is 7.82. The van der Waals surface area contributed by atoms with Crippen molar-refractivity contribution in [3.8, 4) is 0 Å². The highest BCUT2D eigenvalue weighted by molar-refractivity contribution is 7.14. The summed E-state index contributed by atoms with van der Waals surface area (Å²) in [4.78, 5) is 17.0. The van der Waals surface area contributed by atoms with Gasteiger partial charge in [0.25, 0.3) is 5.91 Å². The number of rotatable bonds is 4. The highest BCUT2D eigenvalue weighted by Crippen LogP contribution is 2.30. The highest BCUT2D eigenvalue weighted by Gasteiger charge is 2.26. The molecule has 1 aliphatic heterocycles. The van der Waals surface area contributed by atoms with Gasteiger partial charge in [0.1, 0.15) is 0 Å². The summed E-state index contributed by atoms with van der Waals surface area (Å²) in [5.74, 6) is 0.0839. The molecular weight excluding hydrogens is 296 g/mol. The Kier molecular flexibility index (Phi) is 4.85. The maximum atomic E-state index is 12.3. The molecule has 0 radical (unpaired) electrons. The first kappa shape index (κ1) is 16.0. The van der Waals surface area contributed by atoms with Gasteiger partial charge in [0.05, 0.1) is 17.1 Å². The number of aryl methyl sites for hydroxylation is 2. The number of nitrogens with one attached hydrogen (secondary N) is 1. The topological polar surface area (TPSA) is 41.6 Å². The van der Waals surface area contributed by atoms with Crippen LogP contribution in [0.1, 0.15) is 47.3 Å². The lowest BCUT2D eigenvalue weighted by atomic mass is 10.1. The van der Waals surface area contributed by atoms with E-state index in [1.54, 1.807) is 11.3 Å². The molecule has 1 aromatic rings. The zero-order valence-electron chi connectivity index (χ0n) is 13.7. The predicted octanol–water partition coefficient (Wildman–Crippen LogP) is 2.46. The third-order valence-corrected chi connectivity index (χ3v) is 5.84. The van der Waals surface area contributed by atoms with Crippen molar-refractivity contribution < 1.29 is 9.53 Å². The van der Waals surface area contributed by atoms with E-state index in [0.29, 0.717) is 12.6 Å². The van der Waals surface area contributed by atoms with Crippen LogP contribution in [0.2, 0.25) is 0 Å². The first-order chi connectivity index (χ1) is 10.5. The fourth-order valence-electron chi connectivity index (χ4n) is 3.48. The second kappa shape index (κ2) is 6.69. The van der Waals surface area contributed by atoms with Crippen LogP contribution in [0.15, 0.2) is 6.07 Å². The number of ether oxygens (including phenoxy) is 1. The number of hydrogen-bond donors (Lipinski definition) is 1. The summed E-state index contributed by atoms with van der Waals surface area (Å²) in [5, 5.41) is 3.10. The molecular formula is C17H26N2O2S. The molecule has 1 aromatic heterocycles. The Morgan fingerprint density at radius 1 is 1.41 bits per heavy atom. The summed E-state index contributed by atoms with van der Waals surface area (Å²) < 4.78 is 5.77. The van der Waals surface area contributed by atoms with Crippen molar-refractivity contribution in [3.05, 3.63) is 21.4 Å². The van der Waals surface area contributed by atoms with Crippen molar-refractivity contribution in [2.75, 3.05) is 19.6 Å². The van der Waals surface area contributed by atoms with Crippen molar-refractivity contribution >= 4 is 17.2 Å². The van der Waals surface area contributed by atoms with Crippen LogP contribution in [0.3, 0.4) is 0 Å². The average Bonchev–Trinajstić information content (AvgIpc) is 3.04. The van der Waals surface area contributed by atoms with Gasteiger partial charge in [-0.1, -0.05) is 0 Å². The van der Waals surface area contributed by atoms with E-state index in [4.69, 9.17) is 4.74 Å². The Labute approximate surface area is 136 Å². The maximum Gasteiger partial charge on any atom is 0.261 e. The monoisotopic (exact) mass is 322 g/mol. The van der Waals surface area contributed by atoms with E-state index in [9.17, 15) is 4.79 Å². The minimum absolute atomic E-state index is 0.0839. The number of nitrogens with zero attached hydrogens (tertiary/aromatic N) is 1. The van der Waals surface area contributed by atoms with Crippen LogP contribution in [-0.4, -0.2) is 48.7 Å². The molecule has 1 saturated heterocycles. The Hall–Kier alpha value is -0.910. The van der Waals surface area contributed by atoms with Gasteiger partial charge in [-0.05, 0) is 51.7 Å². The number of carbonyl (C=O) groups excluding carboxylic acids is 1. The molecule has 0 bridgehead atoms. The summed E-state index contributed by atoms with van der Waals surface area (Å²) in [5.41, 5.74) is 1.39. The lowest BCUT2D eigenvalue weighted by Gasteiger charge is -2.38. The molecule has 2 heterocycles. The predicted molar refractivity (Wildman–Crippen MR) is 89.7 cm³/mol. The Balaban J connectivity index is 1.51. The molecule has 3 rings (SSSR count). The van der Waals surface area contributed by atoms with E-state index in [-0.39, 0.29) is 18.1 Å². The summed E-state index contributed by atoms with van der Waals surface area (Å²) >= 11 is 1.67. The molecule has 0 spiro atoms. The Morgan fingerprint density at radius 3 is 2.82 bits per heavy atom. The molecule has 1 aliphatic carbocycles. The SMILES string of the molecule is C[C@@H]1CN([C@H](C)CNC(=O)c2cc3c(s2)CCC3)C[C@@H](C)O1. The molecule has 5 heteroatoms. The van der Waals surface area contributed by atoms with Crippen LogP contribution in [0.4, 0.5) is 0 Å². The zero-order valence-corrected chi connectivity index (χ0v) is 14.5. The normalized spacial score (nSPS) is 26.7. The van der Waals surface area contributed by atoms with Crippen molar-refractivity contribution in [1.82, 2.24) is 10.2 Å². The lowest BCUT2D eigenvalue weighted by molar-refractivity contribution is -0.0778. The number of amides is 1. The van der Waals surface area contributed by atoms with Crippen LogP contribution in [0.5, 0.6) is 0 Å². The highest BCUT2D eigenvalue weighted by atomic mass is 32.1. The molecule has 3 atom stereocenters. The minimum atomic E-state index is 0.0839. The van der Waals surface area contributed by atoms with Crippen molar-refractivity contribution in [2.45, 2.75) is 58.3 Å². The lowest BCUT2D eigenvalue weighted by Crippen LogP contribution is -2.52. The van der Waals surface area contributed by atoms with Crippen molar-refractivity contribution in [1.29, 1.82) is 0 Å². The van der Waals surface area contributed by atoms with Crippen molar-refractivity contribution in [3.63, 3.8) is 0 Å².